The number of carbonyl (C=O) groups is 1. The number of amides is 1. The zero-order valence-electron chi connectivity index (χ0n) is 13.5. The standard InChI is InChI=1S/C19H17NO4/c1-11-7-16-14(9-18(21)24-17(16)8-12(11)2)10-23-15-5-3-13(4-6-15)19(20)22/h3-9H,10H2,1-2H3,(H2,20,22). The maximum atomic E-state index is 11.8. The zero-order chi connectivity index (χ0) is 17.3. The summed E-state index contributed by atoms with van der Waals surface area (Å²) in [4.78, 5) is 22.8. The van der Waals surface area contributed by atoms with E-state index in [4.69, 9.17) is 14.9 Å². The number of primary amides is 1. The minimum atomic E-state index is -0.487. The fraction of sp³-hybridized carbons (Fsp3) is 0.158. The lowest BCUT2D eigenvalue weighted by atomic mass is 10.0. The van der Waals surface area contributed by atoms with Gasteiger partial charge in [-0.25, -0.2) is 4.79 Å². The number of benzene rings is 2. The first-order valence-electron chi connectivity index (χ1n) is 7.50. The van der Waals surface area contributed by atoms with Crippen LogP contribution in [0, 0.1) is 13.8 Å². The van der Waals surface area contributed by atoms with E-state index in [1.54, 1.807) is 24.3 Å². The molecular weight excluding hydrogens is 306 g/mol. The highest BCUT2D eigenvalue weighted by Crippen LogP contribution is 2.23. The Morgan fingerprint density at radius 3 is 2.42 bits per heavy atom. The molecule has 122 valence electrons. The van der Waals surface area contributed by atoms with Crippen molar-refractivity contribution in [1.82, 2.24) is 0 Å². The minimum absolute atomic E-state index is 0.223. The van der Waals surface area contributed by atoms with Gasteiger partial charge in [-0.1, -0.05) is 0 Å². The molecule has 0 aliphatic carbocycles. The second-order valence-electron chi connectivity index (χ2n) is 5.70. The van der Waals surface area contributed by atoms with E-state index in [9.17, 15) is 9.59 Å². The zero-order valence-corrected chi connectivity index (χ0v) is 13.5. The van der Waals surface area contributed by atoms with Crippen LogP contribution >= 0.6 is 0 Å². The summed E-state index contributed by atoms with van der Waals surface area (Å²) in [7, 11) is 0. The van der Waals surface area contributed by atoms with Crippen LogP contribution in [0.15, 0.2) is 51.7 Å². The van der Waals surface area contributed by atoms with E-state index in [0.29, 0.717) is 16.9 Å². The first-order chi connectivity index (χ1) is 11.4. The van der Waals surface area contributed by atoms with Gasteiger partial charge in [0.15, 0.2) is 0 Å². The lowest BCUT2D eigenvalue weighted by molar-refractivity contribution is 0.1000. The molecule has 0 bridgehead atoms. The summed E-state index contributed by atoms with van der Waals surface area (Å²) in [5.74, 6) is 0.101. The Bertz CT molecular complexity index is 971. The van der Waals surface area contributed by atoms with Crippen molar-refractivity contribution in [2.24, 2.45) is 5.73 Å². The molecule has 1 aromatic heterocycles. The van der Waals surface area contributed by atoms with Crippen molar-refractivity contribution in [2.75, 3.05) is 0 Å². The molecule has 5 nitrogen and oxygen atoms in total. The summed E-state index contributed by atoms with van der Waals surface area (Å²) in [5, 5.41) is 0.853. The Labute approximate surface area is 138 Å². The Morgan fingerprint density at radius 1 is 1.08 bits per heavy atom. The largest absolute Gasteiger partial charge is 0.489 e. The second-order valence-corrected chi connectivity index (χ2v) is 5.70. The third-order valence-corrected chi connectivity index (χ3v) is 3.98. The molecule has 0 spiro atoms. The van der Waals surface area contributed by atoms with Gasteiger partial charge in [-0.15, -0.1) is 0 Å². The van der Waals surface area contributed by atoms with E-state index in [2.05, 4.69) is 0 Å². The van der Waals surface area contributed by atoms with Crippen LogP contribution in [0.2, 0.25) is 0 Å². The first kappa shape index (κ1) is 15.8. The van der Waals surface area contributed by atoms with Crippen LogP contribution in [0.5, 0.6) is 5.75 Å². The van der Waals surface area contributed by atoms with E-state index in [1.165, 1.54) is 6.07 Å². The molecule has 5 heteroatoms. The molecule has 24 heavy (non-hydrogen) atoms. The number of fused-ring (bicyclic) bond motifs is 1. The fourth-order valence-electron chi connectivity index (χ4n) is 2.48. The number of carbonyl (C=O) groups excluding carboxylic acids is 1. The lowest BCUT2D eigenvalue weighted by Crippen LogP contribution is -2.10. The number of rotatable bonds is 4. The summed E-state index contributed by atoms with van der Waals surface area (Å²) in [6, 6.07) is 11.8. The molecule has 2 aromatic carbocycles. The van der Waals surface area contributed by atoms with Crippen LogP contribution in [-0.4, -0.2) is 5.91 Å². The van der Waals surface area contributed by atoms with Gasteiger partial charge in [0.1, 0.15) is 17.9 Å². The Hall–Kier alpha value is -3.08. The number of aryl methyl sites for hydroxylation is 2. The Kier molecular flexibility index (Phi) is 4.08. The summed E-state index contributed by atoms with van der Waals surface area (Å²) < 4.78 is 11.0. The molecule has 0 radical (unpaired) electrons. The molecule has 0 aliphatic rings. The molecule has 0 atom stereocenters. The normalized spacial score (nSPS) is 10.8. The summed E-state index contributed by atoms with van der Waals surface area (Å²) >= 11 is 0. The van der Waals surface area contributed by atoms with Crippen molar-refractivity contribution in [3.05, 3.63) is 75.1 Å². The highest BCUT2D eigenvalue weighted by atomic mass is 16.5. The van der Waals surface area contributed by atoms with Crippen molar-refractivity contribution < 1.29 is 13.9 Å². The van der Waals surface area contributed by atoms with Crippen LogP contribution in [0.1, 0.15) is 27.0 Å². The molecule has 3 rings (SSSR count). The average Bonchev–Trinajstić information content (AvgIpc) is 2.54. The lowest BCUT2D eigenvalue weighted by Gasteiger charge is -2.10. The Balaban J connectivity index is 1.90. The maximum Gasteiger partial charge on any atom is 0.336 e. The number of nitrogens with two attached hydrogens (primary N) is 1. The van der Waals surface area contributed by atoms with Gasteiger partial charge in [0.25, 0.3) is 0 Å². The predicted molar refractivity (Wildman–Crippen MR) is 91.2 cm³/mol. The third kappa shape index (κ3) is 3.15. The van der Waals surface area contributed by atoms with Gasteiger partial charge in [0.05, 0.1) is 0 Å². The van der Waals surface area contributed by atoms with Gasteiger partial charge in [0.2, 0.25) is 5.91 Å². The molecule has 2 N–H and O–H groups in total. The van der Waals surface area contributed by atoms with E-state index in [1.807, 2.05) is 26.0 Å². The van der Waals surface area contributed by atoms with Gasteiger partial charge < -0.3 is 14.9 Å². The van der Waals surface area contributed by atoms with Crippen LogP contribution in [0.4, 0.5) is 0 Å². The highest BCUT2D eigenvalue weighted by Gasteiger charge is 2.09. The topological polar surface area (TPSA) is 82.5 Å². The Morgan fingerprint density at radius 2 is 1.75 bits per heavy atom. The van der Waals surface area contributed by atoms with Gasteiger partial charge in [-0.3, -0.25) is 4.79 Å². The minimum Gasteiger partial charge on any atom is -0.489 e. The molecule has 0 saturated carbocycles. The van der Waals surface area contributed by atoms with Gasteiger partial charge >= 0.3 is 5.63 Å². The number of ether oxygens (including phenoxy) is 1. The number of hydrogen-bond acceptors (Lipinski definition) is 4. The van der Waals surface area contributed by atoms with Crippen molar-refractivity contribution >= 4 is 16.9 Å². The molecule has 3 aromatic rings. The maximum absolute atomic E-state index is 11.8. The highest BCUT2D eigenvalue weighted by molar-refractivity contribution is 5.92. The SMILES string of the molecule is Cc1cc2oc(=O)cc(COc3ccc(C(N)=O)cc3)c2cc1C. The van der Waals surface area contributed by atoms with E-state index in [-0.39, 0.29) is 6.61 Å². The van der Waals surface area contributed by atoms with Crippen LogP contribution < -0.4 is 16.1 Å². The molecular formula is C19H17NO4. The van der Waals surface area contributed by atoms with E-state index in [0.717, 1.165) is 22.1 Å². The van der Waals surface area contributed by atoms with Crippen molar-refractivity contribution in [1.29, 1.82) is 0 Å². The first-order valence-corrected chi connectivity index (χ1v) is 7.50. The van der Waals surface area contributed by atoms with Gasteiger partial charge in [-0.05, 0) is 61.4 Å². The molecule has 0 fully saturated rings. The van der Waals surface area contributed by atoms with Crippen LogP contribution in [-0.2, 0) is 6.61 Å². The van der Waals surface area contributed by atoms with Gasteiger partial charge in [-0.2, -0.15) is 0 Å². The third-order valence-electron chi connectivity index (χ3n) is 3.98. The second kappa shape index (κ2) is 6.20. The van der Waals surface area contributed by atoms with E-state index < -0.39 is 11.5 Å². The average molecular weight is 323 g/mol. The van der Waals surface area contributed by atoms with Crippen molar-refractivity contribution in [2.45, 2.75) is 20.5 Å². The summed E-state index contributed by atoms with van der Waals surface area (Å²) in [6.07, 6.45) is 0. The van der Waals surface area contributed by atoms with Crippen LogP contribution in [0.25, 0.3) is 11.0 Å². The smallest absolute Gasteiger partial charge is 0.336 e. The fourth-order valence-corrected chi connectivity index (χ4v) is 2.48. The molecule has 1 amide bonds. The summed E-state index contributed by atoms with van der Waals surface area (Å²) in [6.45, 7) is 4.20. The van der Waals surface area contributed by atoms with E-state index >= 15 is 0 Å². The molecule has 0 unspecified atom stereocenters. The van der Waals surface area contributed by atoms with Gasteiger partial charge in [0, 0.05) is 22.6 Å². The predicted octanol–water partition coefficient (Wildman–Crippen LogP) is 3.09. The quantitative estimate of drug-likeness (QED) is 0.748. The number of hydrogen-bond donors (Lipinski definition) is 1. The van der Waals surface area contributed by atoms with Crippen molar-refractivity contribution in [3.63, 3.8) is 0 Å². The monoisotopic (exact) mass is 323 g/mol. The van der Waals surface area contributed by atoms with Crippen molar-refractivity contribution in [3.8, 4) is 5.75 Å². The molecule has 1 heterocycles. The molecule has 0 aliphatic heterocycles. The van der Waals surface area contributed by atoms with Crippen LogP contribution in [0.3, 0.4) is 0 Å². The summed E-state index contributed by atoms with van der Waals surface area (Å²) in [5.41, 5.74) is 8.69. The molecule has 0 saturated heterocycles.